The third-order valence-electron chi connectivity index (χ3n) is 6.39. The van der Waals surface area contributed by atoms with E-state index in [4.69, 9.17) is 0 Å². The van der Waals surface area contributed by atoms with E-state index in [1.54, 1.807) is 38.4 Å². The molecule has 3 heterocycles. The zero-order valence-corrected chi connectivity index (χ0v) is 20.0. The highest BCUT2D eigenvalue weighted by Crippen LogP contribution is 2.42. The van der Waals surface area contributed by atoms with Gasteiger partial charge in [-0.1, -0.05) is 38.1 Å². The van der Waals surface area contributed by atoms with Crippen LogP contribution in [0.4, 0.5) is 18.0 Å². The van der Waals surface area contributed by atoms with Crippen LogP contribution >= 0.6 is 0 Å². The number of pyridine rings is 1. The van der Waals surface area contributed by atoms with Crippen LogP contribution in [-0.4, -0.2) is 52.3 Å². The Morgan fingerprint density at radius 1 is 1.19 bits per heavy atom. The van der Waals surface area contributed by atoms with Gasteiger partial charge in [0.05, 0.1) is 29.4 Å². The van der Waals surface area contributed by atoms with E-state index >= 15 is 0 Å². The average Bonchev–Trinajstić information content (AvgIpc) is 3.17. The summed E-state index contributed by atoms with van der Waals surface area (Å²) in [4.78, 5) is 46.1. The molecule has 0 saturated heterocycles. The molecule has 4 amide bonds. The van der Waals surface area contributed by atoms with Crippen LogP contribution in [-0.2, 0) is 22.3 Å². The molecular formula is C25H26F3N5O3. The fraction of sp³-hybridized carbons (Fsp3) is 0.360. The van der Waals surface area contributed by atoms with E-state index < -0.39 is 41.7 Å². The second kappa shape index (κ2) is 9.63. The summed E-state index contributed by atoms with van der Waals surface area (Å²) in [7, 11) is 1.44. The highest BCUT2D eigenvalue weighted by Gasteiger charge is 2.48. The molecule has 1 aromatic heterocycles. The highest BCUT2D eigenvalue weighted by molar-refractivity contribution is 6.03. The van der Waals surface area contributed by atoms with Crippen LogP contribution in [0, 0.1) is 5.92 Å². The predicted molar refractivity (Wildman–Crippen MR) is 124 cm³/mol. The Bertz CT molecular complexity index is 1210. The normalized spacial score (nSPS) is 18.9. The number of alkyl halides is 3. The minimum absolute atomic E-state index is 0.0273. The zero-order valence-electron chi connectivity index (χ0n) is 20.0. The summed E-state index contributed by atoms with van der Waals surface area (Å²) in [5, 5.41) is 5.35. The van der Waals surface area contributed by atoms with Crippen molar-refractivity contribution in [1.29, 1.82) is 0 Å². The zero-order chi connectivity index (χ0) is 26.2. The summed E-state index contributed by atoms with van der Waals surface area (Å²) >= 11 is 0. The molecule has 0 fully saturated rings. The molecule has 190 valence electrons. The van der Waals surface area contributed by atoms with Crippen LogP contribution in [0.15, 0.2) is 60.1 Å². The summed E-state index contributed by atoms with van der Waals surface area (Å²) < 4.78 is 41.3. The first-order chi connectivity index (χ1) is 17.0. The largest absolute Gasteiger partial charge is 0.416 e. The van der Waals surface area contributed by atoms with Crippen molar-refractivity contribution >= 4 is 17.8 Å². The molecule has 4 rings (SSSR count). The lowest BCUT2D eigenvalue weighted by atomic mass is 9.91. The standard InChI is InChI=1S/C25H26F3N5O3/c1-14(2)21(22(34)30-12-15-7-6-10-29-11-15)33-13-18-19(23(33)35)20(31-24(36)32(18)3)16-8-4-5-9-17(16)25(26,27)28/h4-11,14,20-21H,12-13H2,1-3H3,(H,30,34)(H,31,36)/t20-,21+/m1/s1. The number of halogens is 3. The second-order valence-electron chi connectivity index (χ2n) is 9.09. The minimum Gasteiger partial charge on any atom is -0.350 e. The maximum absolute atomic E-state index is 13.8. The summed E-state index contributed by atoms with van der Waals surface area (Å²) in [5.74, 6) is -1.30. The van der Waals surface area contributed by atoms with Gasteiger partial charge >= 0.3 is 12.2 Å². The first-order valence-electron chi connectivity index (χ1n) is 11.4. The fourth-order valence-electron chi connectivity index (χ4n) is 4.65. The molecule has 2 aliphatic heterocycles. The van der Waals surface area contributed by atoms with Gasteiger partial charge in [0.1, 0.15) is 6.04 Å². The average molecular weight is 502 g/mol. The Labute approximate surface area is 206 Å². The lowest BCUT2D eigenvalue weighted by Crippen LogP contribution is -2.51. The van der Waals surface area contributed by atoms with Gasteiger partial charge in [-0.2, -0.15) is 13.2 Å². The smallest absolute Gasteiger partial charge is 0.350 e. The number of nitrogens with one attached hydrogen (secondary N) is 2. The lowest BCUT2D eigenvalue weighted by Gasteiger charge is -2.32. The molecule has 11 heteroatoms. The van der Waals surface area contributed by atoms with Crippen molar-refractivity contribution < 1.29 is 27.6 Å². The van der Waals surface area contributed by atoms with Crippen LogP contribution in [0.25, 0.3) is 0 Å². The monoisotopic (exact) mass is 501 g/mol. The number of carbonyl (C=O) groups is 3. The Morgan fingerprint density at radius 3 is 2.56 bits per heavy atom. The van der Waals surface area contributed by atoms with E-state index in [2.05, 4.69) is 15.6 Å². The van der Waals surface area contributed by atoms with Gasteiger partial charge in [-0.25, -0.2) is 4.79 Å². The number of aromatic nitrogens is 1. The van der Waals surface area contributed by atoms with Gasteiger partial charge in [0.25, 0.3) is 5.91 Å². The first-order valence-corrected chi connectivity index (χ1v) is 11.4. The highest BCUT2D eigenvalue weighted by atomic mass is 19.4. The number of carbonyl (C=O) groups excluding carboxylic acids is 3. The van der Waals surface area contributed by atoms with Crippen molar-refractivity contribution in [3.8, 4) is 0 Å². The van der Waals surface area contributed by atoms with Crippen LogP contribution in [0.5, 0.6) is 0 Å². The molecule has 36 heavy (non-hydrogen) atoms. The SMILES string of the molecule is CC(C)[C@@H](C(=O)NCc1cccnc1)N1CC2=C(C1=O)[C@@H](c1ccccc1C(F)(F)F)NC(=O)N2C. The van der Waals surface area contributed by atoms with Gasteiger partial charge in [-0.15, -0.1) is 0 Å². The van der Waals surface area contributed by atoms with E-state index in [9.17, 15) is 27.6 Å². The number of hydrogen-bond acceptors (Lipinski definition) is 4. The van der Waals surface area contributed by atoms with Crippen LogP contribution in [0.3, 0.4) is 0 Å². The van der Waals surface area contributed by atoms with Crippen LogP contribution < -0.4 is 10.6 Å². The summed E-state index contributed by atoms with van der Waals surface area (Å²) in [5.41, 5.74) is -0.0864. The maximum atomic E-state index is 13.8. The number of urea groups is 1. The summed E-state index contributed by atoms with van der Waals surface area (Å²) in [6.07, 6.45) is -1.46. The molecular weight excluding hydrogens is 475 g/mol. The number of rotatable bonds is 6. The second-order valence-corrected chi connectivity index (χ2v) is 9.09. The van der Waals surface area contributed by atoms with Gasteiger partial charge < -0.3 is 15.5 Å². The van der Waals surface area contributed by atoms with Crippen molar-refractivity contribution in [2.24, 2.45) is 5.92 Å². The van der Waals surface area contributed by atoms with E-state index in [0.29, 0.717) is 0 Å². The molecule has 1 aromatic carbocycles. The quantitative estimate of drug-likeness (QED) is 0.636. The molecule has 2 N–H and O–H groups in total. The van der Waals surface area contributed by atoms with E-state index in [1.165, 1.54) is 35.0 Å². The molecule has 0 aliphatic carbocycles. The van der Waals surface area contributed by atoms with Crippen molar-refractivity contribution in [2.45, 2.75) is 38.7 Å². The van der Waals surface area contributed by atoms with E-state index in [1.807, 2.05) is 0 Å². The molecule has 0 radical (unpaired) electrons. The molecule has 0 spiro atoms. The number of amides is 4. The van der Waals surface area contributed by atoms with Crippen molar-refractivity contribution in [3.05, 3.63) is 76.8 Å². The minimum atomic E-state index is -4.68. The van der Waals surface area contributed by atoms with Crippen molar-refractivity contribution in [1.82, 2.24) is 25.4 Å². The van der Waals surface area contributed by atoms with Gasteiger partial charge in [-0.05, 0) is 29.2 Å². The summed E-state index contributed by atoms with van der Waals surface area (Å²) in [6.45, 7) is 3.68. The molecule has 8 nitrogen and oxygen atoms in total. The molecule has 0 saturated carbocycles. The Balaban J connectivity index is 1.66. The number of hydrogen-bond donors (Lipinski definition) is 2. The third-order valence-corrected chi connectivity index (χ3v) is 6.39. The predicted octanol–water partition coefficient (Wildman–Crippen LogP) is 3.23. The molecule has 2 aliphatic rings. The Hall–Kier alpha value is -3.89. The lowest BCUT2D eigenvalue weighted by molar-refractivity contribution is -0.139. The fourth-order valence-corrected chi connectivity index (χ4v) is 4.65. The molecule has 2 atom stereocenters. The van der Waals surface area contributed by atoms with Crippen molar-refractivity contribution in [3.63, 3.8) is 0 Å². The van der Waals surface area contributed by atoms with Gasteiger partial charge in [-0.3, -0.25) is 19.5 Å². The first kappa shape index (κ1) is 25.2. The Morgan fingerprint density at radius 2 is 1.92 bits per heavy atom. The third kappa shape index (κ3) is 4.65. The number of benzene rings is 1. The van der Waals surface area contributed by atoms with Crippen molar-refractivity contribution in [2.75, 3.05) is 13.6 Å². The molecule has 0 bridgehead atoms. The number of likely N-dealkylation sites (N-methyl/N-ethyl adjacent to an activating group) is 1. The van der Waals surface area contributed by atoms with Gasteiger partial charge in [0.2, 0.25) is 5.91 Å². The maximum Gasteiger partial charge on any atom is 0.416 e. The van der Waals surface area contributed by atoms with Crippen LogP contribution in [0.1, 0.15) is 36.6 Å². The van der Waals surface area contributed by atoms with E-state index in [0.717, 1.165) is 11.6 Å². The molecule has 2 aromatic rings. The molecule has 0 unspecified atom stereocenters. The topological polar surface area (TPSA) is 94.6 Å². The van der Waals surface area contributed by atoms with E-state index in [-0.39, 0.29) is 35.8 Å². The van der Waals surface area contributed by atoms with Crippen LogP contribution in [0.2, 0.25) is 0 Å². The van der Waals surface area contributed by atoms with Gasteiger partial charge in [0, 0.05) is 26.0 Å². The van der Waals surface area contributed by atoms with Gasteiger partial charge in [0.15, 0.2) is 0 Å². The Kier molecular flexibility index (Phi) is 6.75. The number of nitrogens with zero attached hydrogens (tertiary/aromatic N) is 3. The summed E-state index contributed by atoms with van der Waals surface area (Å²) in [6, 6.07) is 5.55.